The quantitative estimate of drug-likeness (QED) is 0.189. The fourth-order valence-electron chi connectivity index (χ4n) is 5.75. The van der Waals surface area contributed by atoms with Crippen molar-refractivity contribution in [1.29, 1.82) is 0 Å². The molecule has 0 saturated carbocycles. The molecule has 4 N–H and O–H groups in total. The Bertz CT molecular complexity index is 923. The van der Waals surface area contributed by atoms with E-state index >= 15 is 0 Å². The molecule has 2 aromatic carbocycles. The lowest BCUT2D eigenvalue weighted by molar-refractivity contribution is -0.226. The van der Waals surface area contributed by atoms with Crippen LogP contribution in [0.15, 0.2) is 60.7 Å². The Morgan fingerprint density at radius 1 is 0.651 bits per heavy atom. The van der Waals surface area contributed by atoms with Crippen molar-refractivity contribution in [3.63, 3.8) is 0 Å². The number of hydrogen-bond donors (Lipinski definition) is 2. The van der Waals surface area contributed by atoms with Crippen molar-refractivity contribution in [3.8, 4) is 0 Å². The molecule has 2 fully saturated rings. The van der Waals surface area contributed by atoms with E-state index in [1.807, 2.05) is 60.7 Å². The number of methoxy groups -OCH3 is 2. The standard InChI is InChI=1S/C33H50N2O8/c1-36-32-18-28(40-22-38-20-24-9-5-3-6-10-24)16-30(42-32)14-26(34)13-27(35)15-31-17-29(19-33(37-2)43-31)41-23-39-21-25-11-7-4-8-12-25/h3-12,26-33H,13-23,34-35H2,1-2H3/t26-,27+,28-,29-,30-,31-,32?,33?/m0/s1. The summed E-state index contributed by atoms with van der Waals surface area (Å²) >= 11 is 0. The van der Waals surface area contributed by atoms with Gasteiger partial charge in [0, 0.05) is 52.0 Å². The van der Waals surface area contributed by atoms with E-state index < -0.39 is 0 Å². The van der Waals surface area contributed by atoms with Gasteiger partial charge in [-0.25, -0.2) is 0 Å². The van der Waals surface area contributed by atoms with Crippen molar-refractivity contribution in [3.05, 3.63) is 71.8 Å². The molecule has 2 saturated heterocycles. The van der Waals surface area contributed by atoms with Gasteiger partial charge in [-0.3, -0.25) is 0 Å². The molecule has 0 radical (unpaired) electrons. The number of rotatable bonds is 18. The molecule has 2 aliphatic heterocycles. The summed E-state index contributed by atoms with van der Waals surface area (Å²) in [6, 6.07) is 19.8. The van der Waals surface area contributed by atoms with Crippen LogP contribution in [0.1, 0.15) is 56.1 Å². The minimum absolute atomic E-state index is 0.0319. The van der Waals surface area contributed by atoms with E-state index in [1.54, 1.807) is 14.2 Å². The van der Waals surface area contributed by atoms with E-state index in [4.69, 9.17) is 49.4 Å². The van der Waals surface area contributed by atoms with E-state index in [-0.39, 0.29) is 62.7 Å². The van der Waals surface area contributed by atoms with Gasteiger partial charge in [-0.15, -0.1) is 0 Å². The highest BCUT2D eigenvalue weighted by Gasteiger charge is 2.33. The van der Waals surface area contributed by atoms with Crippen molar-refractivity contribution >= 4 is 0 Å². The Morgan fingerprint density at radius 2 is 1.07 bits per heavy atom. The van der Waals surface area contributed by atoms with Crippen LogP contribution in [-0.2, 0) is 51.1 Å². The van der Waals surface area contributed by atoms with Crippen LogP contribution in [0.4, 0.5) is 0 Å². The summed E-state index contributed by atoms with van der Waals surface area (Å²) < 4.78 is 46.8. The van der Waals surface area contributed by atoms with Crippen LogP contribution in [0.2, 0.25) is 0 Å². The number of benzene rings is 2. The van der Waals surface area contributed by atoms with E-state index in [0.29, 0.717) is 45.3 Å². The van der Waals surface area contributed by atoms with Crippen molar-refractivity contribution < 1.29 is 37.9 Å². The van der Waals surface area contributed by atoms with Crippen LogP contribution in [0.25, 0.3) is 0 Å². The Kier molecular flexibility index (Phi) is 14.8. The molecule has 0 spiro atoms. The molecule has 2 aromatic rings. The molecule has 0 amide bonds. The zero-order chi connectivity index (χ0) is 30.3. The Morgan fingerprint density at radius 3 is 1.47 bits per heavy atom. The minimum atomic E-state index is -0.339. The van der Waals surface area contributed by atoms with Crippen molar-refractivity contribution in [2.24, 2.45) is 11.5 Å². The molecule has 10 heteroatoms. The lowest BCUT2D eigenvalue weighted by Crippen LogP contribution is -2.44. The first-order valence-electron chi connectivity index (χ1n) is 15.3. The maximum Gasteiger partial charge on any atom is 0.160 e. The Labute approximate surface area is 256 Å². The summed E-state index contributed by atoms with van der Waals surface area (Å²) in [5.41, 5.74) is 15.4. The van der Waals surface area contributed by atoms with Gasteiger partial charge in [0.2, 0.25) is 0 Å². The minimum Gasteiger partial charge on any atom is -0.356 e. The third-order valence-electron chi connectivity index (χ3n) is 7.91. The van der Waals surface area contributed by atoms with Crippen molar-refractivity contribution in [1.82, 2.24) is 0 Å². The van der Waals surface area contributed by atoms with Gasteiger partial charge in [-0.1, -0.05) is 60.7 Å². The lowest BCUT2D eigenvalue weighted by atomic mass is 9.92. The largest absolute Gasteiger partial charge is 0.356 e. The number of nitrogens with two attached hydrogens (primary N) is 2. The van der Waals surface area contributed by atoms with E-state index in [0.717, 1.165) is 24.0 Å². The molecular formula is C33H50N2O8. The third kappa shape index (κ3) is 12.5. The zero-order valence-electron chi connectivity index (χ0n) is 25.6. The lowest BCUT2D eigenvalue weighted by Gasteiger charge is -2.37. The predicted octanol–water partition coefficient (Wildman–Crippen LogP) is 4.23. The Balaban J connectivity index is 1.15. The second-order valence-corrected chi connectivity index (χ2v) is 11.5. The summed E-state index contributed by atoms with van der Waals surface area (Å²) in [6.45, 7) is 1.45. The number of ether oxygens (including phenoxy) is 8. The topological polar surface area (TPSA) is 126 Å². The zero-order valence-corrected chi connectivity index (χ0v) is 25.6. The first-order chi connectivity index (χ1) is 21.0. The van der Waals surface area contributed by atoms with E-state index in [1.165, 1.54) is 0 Å². The number of hydrogen-bond acceptors (Lipinski definition) is 10. The molecule has 0 aromatic heterocycles. The summed E-state index contributed by atoms with van der Waals surface area (Å²) in [4.78, 5) is 0. The molecule has 8 atom stereocenters. The average molecular weight is 603 g/mol. The van der Waals surface area contributed by atoms with Gasteiger partial charge in [-0.05, 0) is 30.4 Å². The first kappa shape index (κ1) is 33.9. The summed E-state index contributed by atoms with van der Waals surface area (Å²) in [5.74, 6) is 0. The van der Waals surface area contributed by atoms with Gasteiger partial charge in [0.25, 0.3) is 0 Å². The molecule has 2 unspecified atom stereocenters. The van der Waals surface area contributed by atoms with Gasteiger partial charge in [0.05, 0.1) is 37.6 Å². The predicted molar refractivity (Wildman–Crippen MR) is 162 cm³/mol. The molecule has 4 rings (SSSR count). The van der Waals surface area contributed by atoms with E-state index in [2.05, 4.69) is 0 Å². The van der Waals surface area contributed by atoms with Crippen LogP contribution in [0.5, 0.6) is 0 Å². The summed E-state index contributed by atoms with van der Waals surface area (Å²) in [5, 5.41) is 0. The molecule has 0 bridgehead atoms. The van der Waals surface area contributed by atoms with Crippen LogP contribution >= 0.6 is 0 Å². The average Bonchev–Trinajstić information content (AvgIpc) is 3.02. The van der Waals surface area contributed by atoms with Gasteiger partial charge < -0.3 is 49.4 Å². The SMILES string of the molecule is COC1C[C@@H](OCOCc2ccccc2)C[C@H](C[C@H](N)C[C@H](N)C[C@H]2C[C@H](OCOCc3ccccc3)CC(OC)O2)O1. The van der Waals surface area contributed by atoms with E-state index in [9.17, 15) is 0 Å². The highest BCUT2D eigenvalue weighted by Crippen LogP contribution is 2.28. The van der Waals surface area contributed by atoms with Crippen LogP contribution < -0.4 is 11.5 Å². The molecule has 43 heavy (non-hydrogen) atoms. The molecule has 2 aliphatic rings. The molecule has 0 aliphatic carbocycles. The van der Waals surface area contributed by atoms with Gasteiger partial charge in [0.15, 0.2) is 12.6 Å². The normalized spacial score (nSPS) is 27.5. The second kappa shape index (κ2) is 18.8. The fraction of sp³-hybridized carbons (Fsp3) is 0.636. The molecule has 2 heterocycles. The van der Waals surface area contributed by atoms with Crippen LogP contribution in [-0.4, -0.2) is 76.9 Å². The van der Waals surface area contributed by atoms with Gasteiger partial charge >= 0.3 is 0 Å². The highest BCUT2D eigenvalue weighted by atomic mass is 16.7. The third-order valence-corrected chi connectivity index (χ3v) is 7.91. The van der Waals surface area contributed by atoms with Crippen LogP contribution in [0.3, 0.4) is 0 Å². The molecule has 10 nitrogen and oxygen atoms in total. The maximum absolute atomic E-state index is 6.57. The smallest absolute Gasteiger partial charge is 0.160 e. The molecular weight excluding hydrogens is 552 g/mol. The molecule has 240 valence electrons. The Hall–Kier alpha value is -1.96. The van der Waals surface area contributed by atoms with Gasteiger partial charge in [0.1, 0.15) is 13.6 Å². The highest BCUT2D eigenvalue weighted by molar-refractivity contribution is 5.14. The van der Waals surface area contributed by atoms with Crippen molar-refractivity contribution in [2.75, 3.05) is 27.8 Å². The maximum atomic E-state index is 6.57. The summed E-state index contributed by atoms with van der Waals surface area (Å²) in [6.07, 6.45) is 3.81. The second-order valence-electron chi connectivity index (χ2n) is 11.5. The van der Waals surface area contributed by atoms with Crippen molar-refractivity contribution in [2.45, 2.75) is 107 Å². The van der Waals surface area contributed by atoms with Gasteiger partial charge in [-0.2, -0.15) is 0 Å². The monoisotopic (exact) mass is 602 g/mol. The summed E-state index contributed by atoms with van der Waals surface area (Å²) in [7, 11) is 3.30. The first-order valence-corrected chi connectivity index (χ1v) is 15.3. The van der Waals surface area contributed by atoms with Crippen LogP contribution in [0, 0.1) is 0 Å². The fourth-order valence-corrected chi connectivity index (χ4v) is 5.75.